The lowest BCUT2D eigenvalue weighted by atomic mass is 10.2. The van der Waals surface area contributed by atoms with E-state index in [0.29, 0.717) is 16.4 Å². The minimum Gasteiger partial charge on any atom is -0.480 e. The van der Waals surface area contributed by atoms with Gasteiger partial charge in [0.2, 0.25) is 0 Å². The molecule has 0 aliphatic rings. The molecule has 1 aromatic carbocycles. The smallest absolute Gasteiger partial charge is 0.323 e. The van der Waals surface area contributed by atoms with Gasteiger partial charge in [-0.1, -0.05) is 11.6 Å². The number of rotatable bonds is 4. The molecule has 1 amide bonds. The van der Waals surface area contributed by atoms with Gasteiger partial charge >= 0.3 is 5.97 Å². The topological polar surface area (TPSA) is 83.4 Å². The van der Waals surface area contributed by atoms with Crippen LogP contribution in [0.15, 0.2) is 36.7 Å². The monoisotopic (exact) mass is 305 g/mol. The van der Waals surface area contributed by atoms with Gasteiger partial charge in [0.25, 0.3) is 5.91 Å². The Morgan fingerprint density at radius 2 is 1.86 bits per heavy atom. The van der Waals surface area contributed by atoms with E-state index >= 15 is 0 Å². The van der Waals surface area contributed by atoms with E-state index in [-0.39, 0.29) is 5.69 Å². The second-order valence-electron chi connectivity index (χ2n) is 4.30. The van der Waals surface area contributed by atoms with Crippen LogP contribution in [0.2, 0.25) is 5.02 Å². The standard InChI is InChI=1S/C14H12ClN3O3/c1-9-6-17-12(7-16-9)14(21)18(8-13(19)20)11-4-2-10(15)3-5-11/h2-7H,8H2,1H3,(H,19,20). The van der Waals surface area contributed by atoms with Gasteiger partial charge in [-0.3, -0.25) is 19.5 Å². The first kappa shape index (κ1) is 14.9. The van der Waals surface area contributed by atoms with E-state index in [2.05, 4.69) is 9.97 Å². The Bertz CT molecular complexity index is 656. The van der Waals surface area contributed by atoms with Gasteiger partial charge in [0.05, 0.1) is 11.9 Å². The van der Waals surface area contributed by atoms with Gasteiger partial charge in [0.1, 0.15) is 12.2 Å². The maximum Gasteiger partial charge on any atom is 0.323 e. The zero-order chi connectivity index (χ0) is 15.4. The molecule has 0 bridgehead atoms. The molecule has 108 valence electrons. The number of carbonyl (C=O) groups is 2. The maximum absolute atomic E-state index is 12.4. The molecule has 0 fully saturated rings. The quantitative estimate of drug-likeness (QED) is 0.936. The second kappa shape index (κ2) is 6.32. The number of amides is 1. The van der Waals surface area contributed by atoms with Crippen molar-refractivity contribution >= 4 is 29.2 Å². The van der Waals surface area contributed by atoms with Crippen LogP contribution in [0, 0.1) is 6.92 Å². The van der Waals surface area contributed by atoms with E-state index in [1.807, 2.05) is 0 Å². The van der Waals surface area contributed by atoms with Gasteiger partial charge in [0, 0.05) is 16.9 Å². The molecule has 0 saturated carbocycles. The number of aliphatic carboxylic acids is 1. The first-order valence-electron chi connectivity index (χ1n) is 6.05. The van der Waals surface area contributed by atoms with Crippen LogP contribution in [-0.4, -0.2) is 33.5 Å². The maximum atomic E-state index is 12.4. The number of nitrogens with zero attached hydrogens (tertiary/aromatic N) is 3. The molecule has 0 radical (unpaired) electrons. The summed E-state index contributed by atoms with van der Waals surface area (Å²) in [7, 11) is 0. The Kier molecular flexibility index (Phi) is 4.49. The molecule has 0 unspecified atom stereocenters. The number of hydrogen-bond acceptors (Lipinski definition) is 4. The second-order valence-corrected chi connectivity index (χ2v) is 4.74. The van der Waals surface area contributed by atoms with Crippen LogP contribution in [0.4, 0.5) is 5.69 Å². The van der Waals surface area contributed by atoms with Crippen molar-refractivity contribution in [3.8, 4) is 0 Å². The van der Waals surface area contributed by atoms with E-state index in [9.17, 15) is 9.59 Å². The number of halogens is 1. The molecule has 1 heterocycles. The van der Waals surface area contributed by atoms with Crippen molar-refractivity contribution in [1.82, 2.24) is 9.97 Å². The highest BCUT2D eigenvalue weighted by Gasteiger charge is 2.21. The lowest BCUT2D eigenvalue weighted by Crippen LogP contribution is -2.36. The van der Waals surface area contributed by atoms with Gasteiger partial charge in [0.15, 0.2) is 0 Å². The van der Waals surface area contributed by atoms with E-state index in [1.165, 1.54) is 12.4 Å². The highest BCUT2D eigenvalue weighted by atomic mass is 35.5. The Hall–Kier alpha value is -2.47. The Morgan fingerprint density at radius 3 is 2.38 bits per heavy atom. The number of aryl methyl sites for hydroxylation is 1. The number of anilines is 1. The van der Waals surface area contributed by atoms with Crippen molar-refractivity contribution in [3.05, 3.63) is 53.1 Å². The van der Waals surface area contributed by atoms with Crippen molar-refractivity contribution in [2.75, 3.05) is 11.4 Å². The summed E-state index contributed by atoms with van der Waals surface area (Å²) in [5.41, 5.74) is 1.17. The average Bonchev–Trinajstić information content (AvgIpc) is 2.46. The van der Waals surface area contributed by atoms with Crippen LogP contribution < -0.4 is 4.90 Å². The van der Waals surface area contributed by atoms with E-state index in [1.54, 1.807) is 31.2 Å². The summed E-state index contributed by atoms with van der Waals surface area (Å²) in [5.74, 6) is -1.66. The fraction of sp³-hybridized carbons (Fsp3) is 0.143. The number of benzene rings is 1. The third-order valence-electron chi connectivity index (χ3n) is 2.68. The first-order chi connectivity index (χ1) is 9.97. The van der Waals surface area contributed by atoms with E-state index in [0.717, 1.165) is 4.90 Å². The molecular formula is C14H12ClN3O3. The third-order valence-corrected chi connectivity index (χ3v) is 2.93. The molecule has 0 aliphatic heterocycles. The third kappa shape index (κ3) is 3.76. The van der Waals surface area contributed by atoms with Gasteiger partial charge < -0.3 is 5.11 Å². The highest BCUT2D eigenvalue weighted by molar-refractivity contribution is 6.30. The van der Waals surface area contributed by atoms with Gasteiger partial charge in [-0.2, -0.15) is 0 Å². The fourth-order valence-corrected chi connectivity index (χ4v) is 1.80. The zero-order valence-electron chi connectivity index (χ0n) is 11.2. The van der Waals surface area contributed by atoms with Crippen LogP contribution in [0.25, 0.3) is 0 Å². The molecule has 7 heteroatoms. The van der Waals surface area contributed by atoms with Crippen LogP contribution >= 0.6 is 11.6 Å². The largest absolute Gasteiger partial charge is 0.480 e. The molecule has 21 heavy (non-hydrogen) atoms. The van der Waals surface area contributed by atoms with Crippen molar-refractivity contribution in [2.45, 2.75) is 6.92 Å². The number of aromatic nitrogens is 2. The lowest BCUT2D eigenvalue weighted by molar-refractivity contribution is -0.135. The van der Waals surface area contributed by atoms with Crippen molar-refractivity contribution < 1.29 is 14.7 Å². The molecule has 0 aliphatic carbocycles. The molecular weight excluding hydrogens is 294 g/mol. The fourth-order valence-electron chi connectivity index (χ4n) is 1.68. The highest BCUT2D eigenvalue weighted by Crippen LogP contribution is 2.19. The minimum atomic E-state index is -1.13. The Labute approximate surface area is 126 Å². The molecule has 0 saturated heterocycles. The molecule has 1 aromatic heterocycles. The van der Waals surface area contributed by atoms with Crippen LogP contribution in [-0.2, 0) is 4.79 Å². The van der Waals surface area contributed by atoms with Crippen LogP contribution in [0.5, 0.6) is 0 Å². The number of carbonyl (C=O) groups excluding carboxylic acids is 1. The van der Waals surface area contributed by atoms with Crippen molar-refractivity contribution in [1.29, 1.82) is 0 Å². The van der Waals surface area contributed by atoms with Crippen molar-refractivity contribution in [3.63, 3.8) is 0 Å². The zero-order valence-corrected chi connectivity index (χ0v) is 11.9. The van der Waals surface area contributed by atoms with Crippen LogP contribution in [0.3, 0.4) is 0 Å². The predicted octanol–water partition coefficient (Wildman–Crippen LogP) is 2.17. The molecule has 1 N–H and O–H groups in total. The van der Waals surface area contributed by atoms with Crippen LogP contribution in [0.1, 0.15) is 16.2 Å². The molecule has 0 spiro atoms. The van der Waals surface area contributed by atoms with Gasteiger partial charge in [-0.15, -0.1) is 0 Å². The average molecular weight is 306 g/mol. The minimum absolute atomic E-state index is 0.0804. The van der Waals surface area contributed by atoms with Gasteiger partial charge in [-0.05, 0) is 31.2 Å². The van der Waals surface area contributed by atoms with Gasteiger partial charge in [-0.25, -0.2) is 4.98 Å². The normalized spacial score (nSPS) is 10.2. The predicted molar refractivity (Wildman–Crippen MR) is 77.5 cm³/mol. The lowest BCUT2D eigenvalue weighted by Gasteiger charge is -2.20. The SMILES string of the molecule is Cc1cnc(C(=O)N(CC(=O)O)c2ccc(Cl)cc2)cn1. The summed E-state index contributed by atoms with van der Waals surface area (Å²) in [6, 6.07) is 6.31. The number of carboxylic acid groups (broad SMARTS) is 1. The number of hydrogen-bond donors (Lipinski definition) is 1. The molecule has 2 rings (SSSR count). The molecule has 2 aromatic rings. The summed E-state index contributed by atoms with van der Waals surface area (Å²) in [6.07, 6.45) is 2.77. The summed E-state index contributed by atoms with van der Waals surface area (Å²) in [6.45, 7) is 1.27. The Morgan fingerprint density at radius 1 is 1.19 bits per heavy atom. The molecule has 0 atom stereocenters. The summed E-state index contributed by atoms with van der Waals surface area (Å²) in [5, 5.41) is 9.48. The molecule has 6 nitrogen and oxygen atoms in total. The van der Waals surface area contributed by atoms with E-state index < -0.39 is 18.4 Å². The van der Waals surface area contributed by atoms with E-state index in [4.69, 9.17) is 16.7 Å². The Balaban J connectivity index is 2.35. The summed E-state index contributed by atoms with van der Waals surface area (Å²) < 4.78 is 0. The van der Waals surface area contributed by atoms with Crippen molar-refractivity contribution in [2.24, 2.45) is 0 Å². The number of carboxylic acids is 1. The summed E-state index contributed by atoms with van der Waals surface area (Å²) >= 11 is 5.79. The summed E-state index contributed by atoms with van der Waals surface area (Å²) in [4.78, 5) is 32.5. The first-order valence-corrected chi connectivity index (χ1v) is 6.43.